The third-order valence-electron chi connectivity index (χ3n) is 4.39. The molecular weight excluding hydrogens is 238 g/mol. The number of methoxy groups -OCH3 is 2. The van der Waals surface area contributed by atoms with Gasteiger partial charge in [-0.2, -0.15) is 0 Å². The van der Waals surface area contributed by atoms with E-state index in [2.05, 4.69) is 19.1 Å². The van der Waals surface area contributed by atoms with Gasteiger partial charge >= 0.3 is 0 Å². The fourth-order valence-electron chi connectivity index (χ4n) is 3.33. The van der Waals surface area contributed by atoms with Crippen LogP contribution in [0.15, 0.2) is 12.1 Å². The van der Waals surface area contributed by atoms with Crippen LogP contribution in [0.5, 0.6) is 11.5 Å². The maximum Gasteiger partial charge on any atom is 0.161 e. The Morgan fingerprint density at radius 3 is 2.26 bits per heavy atom. The summed E-state index contributed by atoms with van der Waals surface area (Å²) in [7, 11) is 3.36. The molecule has 19 heavy (non-hydrogen) atoms. The van der Waals surface area contributed by atoms with Crippen LogP contribution in [-0.4, -0.2) is 20.8 Å². The normalized spacial score (nSPS) is 17.5. The molecule has 0 saturated heterocycles. The molecule has 0 aliphatic heterocycles. The van der Waals surface area contributed by atoms with Crippen molar-refractivity contribution in [2.75, 3.05) is 20.8 Å². The van der Waals surface area contributed by atoms with Crippen molar-refractivity contribution < 1.29 is 9.47 Å². The molecule has 1 unspecified atom stereocenters. The van der Waals surface area contributed by atoms with E-state index in [0.717, 1.165) is 17.4 Å². The molecule has 0 radical (unpaired) electrons. The highest BCUT2D eigenvalue weighted by atomic mass is 16.5. The van der Waals surface area contributed by atoms with E-state index in [-0.39, 0.29) is 0 Å². The van der Waals surface area contributed by atoms with E-state index < -0.39 is 0 Å². The molecule has 0 amide bonds. The van der Waals surface area contributed by atoms with E-state index in [0.29, 0.717) is 12.5 Å². The van der Waals surface area contributed by atoms with Gasteiger partial charge in [0.25, 0.3) is 0 Å². The van der Waals surface area contributed by atoms with E-state index in [4.69, 9.17) is 15.2 Å². The highest BCUT2D eigenvalue weighted by molar-refractivity contribution is 5.48. The van der Waals surface area contributed by atoms with Gasteiger partial charge in [0.1, 0.15) is 0 Å². The first-order valence-electron chi connectivity index (χ1n) is 7.13. The van der Waals surface area contributed by atoms with Gasteiger partial charge in [-0.1, -0.05) is 12.8 Å². The van der Waals surface area contributed by atoms with Crippen LogP contribution in [0.3, 0.4) is 0 Å². The summed E-state index contributed by atoms with van der Waals surface area (Å²) in [6, 6.07) is 4.18. The van der Waals surface area contributed by atoms with Crippen molar-refractivity contribution in [1.82, 2.24) is 0 Å². The summed E-state index contributed by atoms with van der Waals surface area (Å²) in [4.78, 5) is 0. The second-order valence-corrected chi connectivity index (χ2v) is 5.45. The van der Waals surface area contributed by atoms with Crippen LogP contribution < -0.4 is 15.2 Å². The third-order valence-corrected chi connectivity index (χ3v) is 4.39. The minimum atomic E-state index is 0.447. The quantitative estimate of drug-likeness (QED) is 0.887. The van der Waals surface area contributed by atoms with Crippen molar-refractivity contribution in [3.63, 3.8) is 0 Å². The van der Waals surface area contributed by atoms with Gasteiger partial charge in [-0.3, -0.25) is 0 Å². The van der Waals surface area contributed by atoms with Crippen molar-refractivity contribution in [1.29, 1.82) is 0 Å². The average Bonchev–Trinajstić information content (AvgIpc) is 2.94. The Kier molecular flexibility index (Phi) is 4.70. The van der Waals surface area contributed by atoms with Crippen molar-refractivity contribution in [3.05, 3.63) is 23.3 Å². The second kappa shape index (κ2) is 6.29. The lowest BCUT2D eigenvalue weighted by Gasteiger charge is -2.25. The zero-order chi connectivity index (χ0) is 13.8. The predicted molar refractivity (Wildman–Crippen MR) is 78.0 cm³/mol. The van der Waals surface area contributed by atoms with E-state index >= 15 is 0 Å². The van der Waals surface area contributed by atoms with Crippen LogP contribution in [0, 0.1) is 12.8 Å². The summed E-state index contributed by atoms with van der Waals surface area (Å²) in [6.07, 6.45) is 5.28. The van der Waals surface area contributed by atoms with Crippen LogP contribution in [0.2, 0.25) is 0 Å². The molecule has 106 valence electrons. The predicted octanol–water partition coefficient (Wildman–Crippen LogP) is 3.24. The Hall–Kier alpha value is -1.22. The molecule has 0 bridgehead atoms. The molecule has 3 nitrogen and oxygen atoms in total. The lowest BCUT2D eigenvalue weighted by atomic mass is 9.82. The number of hydrogen-bond acceptors (Lipinski definition) is 3. The molecule has 0 aromatic heterocycles. The summed E-state index contributed by atoms with van der Waals surface area (Å²) in [5, 5.41) is 0. The van der Waals surface area contributed by atoms with Crippen molar-refractivity contribution in [3.8, 4) is 11.5 Å². The molecule has 1 aliphatic rings. The molecule has 1 atom stereocenters. The molecule has 0 spiro atoms. The second-order valence-electron chi connectivity index (χ2n) is 5.45. The Balaban J connectivity index is 2.36. The number of hydrogen-bond donors (Lipinski definition) is 1. The minimum Gasteiger partial charge on any atom is -0.493 e. The van der Waals surface area contributed by atoms with E-state index in [9.17, 15) is 0 Å². The average molecular weight is 263 g/mol. The zero-order valence-corrected chi connectivity index (χ0v) is 12.2. The first-order valence-corrected chi connectivity index (χ1v) is 7.13. The maximum atomic E-state index is 6.04. The highest BCUT2D eigenvalue weighted by Crippen LogP contribution is 2.41. The van der Waals surface area contributed by atoms with Crippen molar-refractivity contribution in [2.45, 2.75) is 38.5 Å². The molecule has 1 fully saturated rings. The molecule has 1 aliphatic carbocycles. The largest absolute Gasteiger partial charge is 0.493 e. The number of benzene rings is 1. The Morgan fingerprint density at radius 1 is 1.16 bits per heavy atom. The van der Waals surface area contributed by atoms with Crippen LogP contribution in [0.1, 0.15) is 42.7 Å². The number of nitrogens with two attached hydrogens (primary N) is 1. The topological polar surface area (TPSA) is 44.5 Å². The first-order chi connectivity index (χ1) is 9.21. The molecule has 1 saturated carbocycles. The summed E-state index contributed by atoms with van der Waals surface area (Å²) in [5.74, 6) is 2.77. The Morgan fingerprint density at radius 2 is 1.74 bits per heavy atom. The third kappa shape index (κ3) is 2.86. The molecule has 1 aromatic rings. The summed E-state index contributed by atoms with van der Waals surface area (Å²) < 4.78 is 10.8. The summed E-state index contributed by atoms with van der Waals surface area (Å²) in [5.41, 5.74) is 8.62. The number of rotatable bonds is 5. The molecule has 2 rings (SSSR count). The van der Waals surface area contributed by atoms with Gasteiger partial charge in [-0.05, 0) is 61.4 Å². The van der Waals surface area contributed by atoms with Crippen molar-refractivity contribution in [2.24, 2.45) is 11.7 Å². The van der Waals surface area contributed by atoms with Gasteiger partial charge in [0.05, 0.1) is 14.2 Å². The van der Waals surface area contributed by atoms with Crippen molar-refractivity contribution >= 4 is 0 Å². The molecule has 0 heterocycles. The van der Waals surface area contributed by atoms with Gasteiger partial charge in [-0.15, -0.1) is 0 Å². The monoisotopic (exact) mass is 263 g/mol. The lowest BCUT2D eigenvalue weighted by Crippen LogP contribution is -2.20. The SMILES string of the molecule is COc1cc(C)c(C(CN)C2CCCC2)cc1OC. The summed E-state index contributed by atoms with van der Waals surface area (Å²) >= 11 is 0. The first kappa shape index (κ1) is 14.2. The maximum absolute atomic E-state index is 6.04. The van der Waals surface area contributed by atoms with Crippen LogP contribution in [0.4, 0.5) is 0 Å². The van der Waals surface area contributed by atoms with Gasteiger partial charge in [0, 0.05) is 0 Å². The van der Waals surface area contributed by atoms with Gasteiger partial charge in [0.15, 0.2) is 11.5 Å². The fraction of sp³-hybridized carbons (Fsp3) is 0.625. The fourth-order valence-corrected chi connectivity index (χ4v) is 3.33. The molecule has 2 N–H and O–H groups in total. The smallest absolute Gasteiger partial charge is 0.161 e. The molecular formula is C16H25NO2. The molecule has 3 heteroatoms. The lowest BCUT2D eigenvalue weighted by molar-refractivity contribution is 0.352. The Bertz CT molecular complexity index is 425. The molecule has 1 aromatic carbocycles. The summed E-state index contributed by atoms with van der Waals surface area (Å²) in [6.45, 7) is 2.84. The van der Waals surface area contributed by atoms with E-state index in [1.807, 2.05) is 0 Å². The standard InChI is InChI=1S/C16H25NO2/c1-11-8-15(18-2)16(19-3)9-13(11)14(10-17)12-6-4-5-7-12/h8-9,12,14H,4-7,10,17H2,1-3H3. The minimum absolute atomic E-state index is 0.447. The van der Waals surface area contributed by atoms with E-state index in [1.165, 1.54) is 36.8 Å². The van der Waals surface area contributed by atoms with Gasteiger partial charge in [-0.25, -0.2) is 0 Å². The van der Waals surface area contributed by atoms with Gasteiger partial charge < -0.3 is 15.2 Å². The van der Waals surface area contributed by atoms with E-state index in [1.54, 1.807) is 14.2 Å². The Labute approximate surface area is 116 Å². The number of aryl methyl sites for hydroxylation is 1. The van der Waals surface area contributed by atoms with Crippen LogP contribution in [-0.2, 0) is 0 Å². The van der Waals surface area contributed by atoms with Crippen LogP contribution >= 0.6 is 0 Å². The zero-order valence-electron chi connectivity index (χ0n) is 12.2. The van der Waals surface area contributed by atoms with Crippen LogP contribution in [0.25, 0.3) is 0 Å². The highest BCUT2D eigenvalue weighted by Gasteiger charge is 2.27. The van der Waals surface area contributed by atoms with Gasteiger partial charge in [0.2, 0.25) is 0 Å². The number of ether oxygens (including phenoxy) is 2.